The number of hydrogen-bond donors (Lipinski definition) is 1. The Balaban J connectivity index is 1.21. The molecule has 1 aliphatic heterocycles. The van der Waals surface area contributed by atoms with Gasteiger partial charge in [-0.2, -0.15) is 5.10 Å². The molecule has 0 bridgehead atoms. The predicted octanol–water partition coefficient (Wildman–Crippen LogP) is 6.10. The summed E-state index contributed by atoms with van der Waals surface area (Å²) in [6, 6.07) is 29.1. The van der Waals surface area contributed by atoms with Crippen molar-refractivity contribution in [1.29, 1.82) is 0 Å². The van der Waals surface area contributed by atoms with E-state index < -0.39 is 0 Å². The van der Waals surface area contributed by atoms with Crippen molar-refractivity contribution < 1.29 is 14.3 Å². The molecule has 1 unspecified atom stereocenters. The summed E-state index contributed by atoms with van der Waals surface area (Å²) < 4.78 is 7.29. The van der Waals surface area contributed by atoms with E-state index in [1.807, 2.05) is 58.5 Å². The molecule has 3 aromatic carbocycles. The molecular weight excluding hydrogens is 605 g/mol. The summed E-state index contributed by atoms with van der Waals surface area (Å²) in [5.41, 5.74) is 4.61. The van der Waals surface area contributed by atoms with Gasteiger partial charge >= 0.3 is 0 Å². The number of nitrogens with one attached hydrogen (secondary N) is 1. The molecule has 2 amide bonds. The van der Waals surface area contributed by atoms with Gasteiger partial charge in [0.05, 0.1) is 48.1 Å². The van der Waals surface area contributed by atoms with Crippen molar-refractivity contribution in [3.8, 4) is 5.75 Å². The van der Waals surface area contributed by atoms with Crippen molar-refractivity contribution in [3.63, 3.8) is 0 Å². The lowest BCUT2D eigenvalue weighted by Crippen LogP contribution is -2.28. The Labute approximate surface area is 270 Å². The van der Waals surface area contributed by atoms with E-state index in [0.717, 1.165) is 27.3 Å². The summed E-state index contributed by atoms with van der Waals surface area (Å²) >= 11 is 2.94. The lowest BCUT2D eigenvalue weighted by molar-refractivity contribution is -0.130. The number of aromatic nitrogens is 3. The Bertz CT molecular complexity index is 1800. The molecule has 0 spiro atoms. The highest BCUT2D eigenvalue weighted by molar-refractivity contribution is 7.99. The maximum absolute atomic E-state index is 13.8. The van der Waals surface area contributed by atoms with E-state index >= 15 is 0 Å². The van der Waals surface area contributed by atoms with Crippen LogP contribution in [-0.4, -0.2) is 50.2 Å². The highest BCUT2D eigenvalue weighted by atomic mass is 32.2. The minimum Gasteiger partial charge on any atom is -0.496 e. The number of aryl methyl sites for hydroxylation is 1. The summed E-state index contributed by atoms with van der Waals surface area (Å²) in [6.45, 7) is 2.69. The molecule has 0 radical (unpaired) electrons. The van der Waals surface area contributed by atoms with Crippen LogP contribution in [0.25, 0.3) is 0 Å². The van der Waals surface area contributed by atoms with E-state index in [9.17, 15) is 9.59 Å². The van der Waals surface area contributed by atoms with Gasteiger partial charge in [0.15, 0.2) is 11.0 Å². The third kappa shape index (κ3) is 7.00. The van der Waals surface area contributed by atoms with Gasteiger partial charge in [0.1, 0.15) is 5.75 Å². The van der Waals surface area contributed by atoms with Crippen molar-refractivity contribution in [2.75, 3.05) is 12.9 Å². The summed E-state index contributed by atoms with van der Waals surface area (Å²) in [4.78, 5) is 27.8. The Morgan fingerprint density at radius 3 is 2.51 bits per heavy atom. The van der Waals surface area contributed by atoms with Gasteiger partial charge in [0.2, 0.25) is 0 Å². The first kappa shape index (κ1) is 30.3. The first-order valence-corrected chi connectivity index (χ1v) is 16.4. The van der Waals surface area contributed by atoms with Crippen LogP contribution in [0.2, 0.25) is 0 Å². The number of benzene rings is 3. The number of thiophene rings is 1. The van der Waals surface area contributed by atoms with Crippen LogP contribution in [0.1, 0.15) is 50.2 Å². The minimum absolute atomic E-state index is 0.114. The monoisotopic (exact) mass is 636 g/mol. The Kier molecular flexibility index (Phi) is 9.37. The van der Waals surface area contributed by atoms with E-state index in [1.54, 1.807) is 34.5 Å². The zero-order chi connectivity index (χ0) is 31.2. The van der Waals surface area contributed by atoms with Crippen LogP contribution in [0, 0.1) is 6.92 Å². The molecule has 228 valence electrons. The summed E-state index contributed by atoms with van der Waals surface area (Å²) in [5.74, 6) is 0.809. The molecule has 1 atom stereocenters. The SMILES string of the molecule is COc1ccccc1C(=O)NCc1nnc(SCC(=O)N2N=C(c3cccs3)CC2c2ccc(C)cc2)n1Cc1ccccc1. The average molecular weight is 637 g/mol. The predicted molar refractivity (Wildman–Crippen MR) is 177 cm³/mol. The van der Waals surface area contributed by atoms with E-state index in [1.165, 1.54) is 18.9 Å². The standard InChI is InChI=1S/C34H32N6O3S2/c1-23-14-16-25(17-15-23)28-19-27(30-13-8-18-44-30)38-40(28)32(41)22-45-34-37-36-31(39(34)21-24-9-4-3-5-10-24)20-35-33(42)26-11-6-7-12-29(26)43-2/h3-18,28H,19-22H2,1-2H3,(H,35,42). The second-order valence-electron chi connectivity index (χ2n) is 10.5. The Morgan fingerprint density at radius 1 is 0.978 bits per heavy atom. The number of thioether (sulfide) groups is 1. The fraction of sp³-hybridized carbons (Fsp3) is 0.206. The van der Waals surface area contributed by atoms with Gasteiger partial charge in [-0.05, 0) is 41.6 Å². The summed E-state index contributed by atoms with van der Waals surface area (Å²) in [6.07, 6.45) is 0.653. The maximum Gasteiger partial charge on any atom is 0.255 e. The normalized spacial score (nSPS) is 14.3. The fourth-order valence-electron chi connectivity index (χ4n) is 5.14. The Hall–Kier alpha value is -4.74. The quantitative estimate of drug-likeness (QED) is 0.176. The van der Waals surface area contributed by atoms with Crippen molar-refractivity contribution in [3.05, 3.63) is 129 Å². The van der Waals surface area contributed by atoms with Gasteiger partial charge in [-0.3, -0.25) is 9.59 Å². The summed E-state index contributed by atoms with van der Waals surface area (Å²) in [7, 11) is 1.53. The number of methoxy groups -OCH3 is 1. The van der Waals surface area contributed by atoms with Crippen molar-refractivity contribution in [1.82, 2.24) is 25.1 Å². The third-order valence-electron chi connectivity index (χ3n) is 7.49. The van der Waals surface area contributed by atoms with E-state index in [-0.39, 0.29) is 30.2 Å². The minimum atomic E-state index is -0.276. The molecule has 45 heavy (non-hydrogen) atoms. The molecule has 11 heteroatoms. The number of hydrogen-bond acceptors (Lipinski definition) is 8. The third-order valence-corrected chi connectivity index (χ3v) is 9.36. The molecule has 9 nitrogen and oxygen atoms in total. The van der Waals surface area contributed by atoms with Crippen LogP contribution in [0.4, 0.5) is 0 Å². The molecular formula is C34H32N6O3S2. The Morgan fingerprint density at radius 2 is 1.76 bits per heavy atom. The van der Waals surface area contributed by atoms with Gasteiger partial charge in [-0.15, -0.1) is 21.5 Å². The largest absolute Gasteiger partial charge is 0.496 e. The zero-order valence-corrected chi connectivity index (χ0v) is 26.6. The molecule has 6 rings (SSSR count). The van der Waals surface area contributed by atoms with Crippen LogP contribution >= 0.6 is 23.1 Å². The molecule has 2 aromatic heterocycles. The molecule has 1 aliphatic rings. The number of amides is 2. The maximum atomic E-state index is 13.8. The van der Waals surface area contributed by atoms with Gasteiger partial charge in [-0.25, -0.2) is 5.01 Å². The van der Waals surface area contributed by atoms with Crippen LogP contribution in [0.15, 0.2) is 107 Å². The number of nitrogens with zero attached hydrogens (tertiary/aromatic N) is 5. The van der Waals surface area contributed by atoms with E-state index in [4.69, 9.17) is 9.84 Å². The average Bonchev–Trinajstić information content (AvgIpc) is 3.84. The number of rotatable bonds is 11. The highest BCUT2D eigenvalue weighted by Gasteiger charge is 2.33. The van der Waals surface area contributed by atoms with Gasteiger partial charge in [-0.1, -0.05) is 90.1 Å². The molecule has 0 saturated carbocycles. The first-order valence-electron chi connectivity index (χ1n) is 14.5. The van der Waals surface area contributed by atoms with Crippen LogP contribution in [-0.2, 0) is 17.9 Å². The molecule has 3 heterocycles. The molecule has 5 aromatic rings. The molecule has 0 saturated heterocycles. The molecule has 1 N–H and O–H groups in total. The smallest absolute Gasteiger partial charge is 0.255 e. The first-order chi connectivity index (χ1) is 22.0. The van der Waals surface area contributed by atoms with Crippen LogP contribution < -0.4 is 10.1 Å². The van der Waals surface area contributed by atoms with Crippen molar-refractivity contribution in [2.24, 2.45) is 5.10 Å². The number of carbonyl (C=O) groups excluding carboxylic acids is 2. The van der Waals surface area contributed by atoms with Crippen LogP contribution in [0.5, 0.6) is 5.75 Å². The van der Waals surface area contributed by atoms with Gasteiger partial charge in [0, 0.05) is 6.42 Å². The highest BCUT2D eigenvalue weighted by Crippen LogP contribution is 2.35. The fourth-order valence-corrected chi connectivity index (χ4v) is 6.67. The number of hydrazone groups is 1. The van der Waals surface area contributed by atoms with Crippen LogP contribution in [0.3, 0.4) is 0 Å². The number of para-hydroxylation sites is 1. The molecule has 0 fully saturated rings. The second kappa shape index (κ2) is 13.9. The van der Waals surface area contributed by atoms with E-state index in [0.29, 0.717) is 35.3 Å². The second-order valence-corrected chi connectivity index (χ2v) is 12.4. The molecule has 0 aliphatic carbocycles. The number of carbonyl (C=O) groups is 2. The van der Waals surface area contributed by atoms with Gasteiger partial charge in [0.25, 0.3) is 11.8 Å². The van der Waals surface area contributed by atoms with Crippen molar-refractivity contribution in [2.45, 2.75) is 37.6 Å². The van der Waals surface area contributed by atoms with Gasteiger partial charge < -0.3 is 14.6 Å². The lowest BCUT2D eigenvalue weighted by atomic mass is 10.00. The topological polar surface area (TPSA) is 102 Å². The number of ether oxygens (including phenoxy) is 1. The van der Waals surface area contributed by atoms with E-state index in [2.05, 4.69) is 46.7 Å². The zero-order valence-electron chi connectivity index (χ0n) is 24.9. The van der Waals surface area contributed by atoms with Crippen molar-refractivity contribution >= 4 is 40.6 Å². The lowest BCUT2D eigenvalue weighted by Gasteiger charge is -2.22. The summed E-state index contributed by atoms with van der Waals surface area (Å²) in [5, 5.41) is 20.8.